The third-order valence-corrected chi connectivity index (χ3v) is 3.83. The van der Waals surface area contributed by atoms with Crippen molar-refractivity contribution in [2.45, 2.75) is 25.7 Å². The molecule has 1 saturated heterocycles. The van der Waals surface area contributed by atoms with Gasteiger partial charge in [0.15, 0.2) is 0 Å². The van der Waals surface area contributed by atoms with Crippen LogP contribution in [-0.4, -0.2) is 37.5 Å². The molecule has 4 heteroatoms. The van der Waals surface area contributed by atoms with Gasteiger partial charge in [0, 0.05) is 19.5 Å². The highest BCUT2D eigenvalue weighted by molar-refractivity contribution is 5.85. The summed E-state index contributed by atoms with van der Waals surface area (Å²) in [6.45, 7) is 2.90. The molecule has 2 rings (SSSR count). The molecule has 112 valence electrons. The van der Waals surface area contributed by atoms with Crippen molar-refractivity contribution in [3.8, 4) is 0 Å². The Balaban J connectivity index is 0.00000200. The molecule has 0 spiro atoms. The van der Waals surface area contributed by atoms with Crippen molar-refractivity contribution in [3.05, 3.63) is 35.9 Å². The number of benzene rings is 1. The van der Waals surface area contributed by atoms with Crippen molar-refractivity contribution in [3.63, 3.8) is 0 Å². The molecular formula is C16H25ClN2O. The number of carbonyl (C=O) groups is 1. The first-order chi connectivity index (χ1) is 9.29. The predicted octanol–water partition coefficient (Wildman–Crippen LogP) is 2.50. The number of amides is 1. The fourth-order valence-electron chi connectivity index (χ4n) is 2.76. The minimum Gasteiger partial charge on any atom is -0.342 e. The Labute approximate surface area is 128 Å². The highest BCUT2D eigenvalue weighted by atomic mass is 35.5. The molecular weight excluding hydrogens is 272 g/mol. The Bertz CT molecular complexity index is 397. The first kappa shape index (κ1) is 17.0. The van der Waals surface area contributed by atoms with E-state index < -0.39 is 0 Å². The highest BCUT2D eigenvalue weighted by Crippen LogP contribution is 2.17. The SMILES string of the molecule is CNCC1CCN(C(=O)CCCc2ccccc2)C1.Cl. The zero-order valence-corrected chi connectivity index (χ0v) is 13.0. The number of nitrogens with one attached hydrogen (secondary N) is 1. The molecule has 1 heterocycles. The summed E-state index contributed by atoms with van der Waals surface area (Å²) in [7, 11) is 1.98. The highest BCUT2D eigenvalue weighted by Gasteiger charge is 2.24. The van der Waals surface area contributed by atoms with Gasteiger partial charge in [-0.15, -0.1) is 12.4 Å². The van der Waals surface area contributed by atoms with Gasteiger partial charge in [-0.3, -0.25) is 4.79 Å². The van der Waals surface area contributed by atoms with Gasteiger partial charge in [-0.05, 0) is 44.3 Å². The average Bonchev–Trinajstić information content (AvgIpc) is 2.89. The second-order valence-electron chi connectivity index (χ2n) is 5.39. The van der Waals surface area contributed by atoms with E-state index in [2.05, 4.69) is 29.6 Å². The normalized spacial score (nSPS) is 17.9. The van der Waals surface area contributed by atoms with Crippen LogP contribution in [0.1, 0.15) is 24.8 Å². The maximum Gasteiger partial charge on any atom is 0.222 e. The fraction of sp³-hybridized carbons (Fsp3) is 0.562. The molecule has 1 atom stereocenters. The zero-order valence-electron chi connectivity index (χ0n) is 12.2. The maximum absolute atomic E-state index is 12.1. The number of likely N-dealkylation sites (tertiary alicyclic amines) is 1. The number of hydrogen-bond donors (Lipinski definition) is 1. The number of halogens is 1. The molecule has 0 aliphatic carbocycles. The van der Waals surface area contributed by atoms with Gasteiger partial charge in [-0.25, -0.2) is 0 Å². The standard InChI is InChI=1S/C16H24N2O.ClH/c1-17-12-15-10-11-18(13-15)16(19)9-5-8-14-6-3-2-4-7-14;/h2-4,6-7,15,17H,5,8-13H2,1H3;1H. The van der Waals surface area contributed by atoms with Gasteiger partial charge in [0.1, 0.15) is 0 Å². The van der Waals surface area contributed by atoms with Crippen LogP contribution in [0.3, 0.4) is 0 Å². The van der Waals surface area contributed by atoms with Crippen molar-refractivity contribution in [1.82, 2.24) is 10.2 Å². The molecule has 3 nitrogen and oxygen atoms in total. The van der Waals surface area contributed by atoms with Crippen LogP contribution < -0.4 is 5.32 Å². The first-order valence-corrected chi connectivity index (χ1v) is 7.26. The number of carbonyl (C=O) groups excluding carboxylic acids is 1. The Morgan fingerprint density at radius 1 is 1.35 bits per heavy atom. The van der Waals surface area contributed by atoms with E-state index in [9.17, 15) is 4.79 Å². The van der Waals surface area contributed by atoms with E-state index in [4.69, 9.17) is 0 Å². The van der Waals surface area contributed by atoms with E-state index in [0.717, 1.165) is 38.9 Å². The van der Waals surface area contributed by atoms with Crippen molar-refractivity contribution in [2.75, 3.05) is 26.7 Å². The van der Waals surface area contributed by atoms with Crippen LogP contribution in [-0.2, 0) is 11.2 Å². The lowest BCUT2D eigenvalue weighted by atomic mass is 10.1. The van der Waals surface area contributed by atoms with E-state index in [1.54, 1.807) is 0 Å². The summed E-state index contributed by atoms with van der Waals surface area (Å²) >= 11 is 0. The number of aryl methyl sites for hydroxylation is 1. The van der Waals surface area contributed by atoms with Gasteiger partial charge in [0.05, 0.1) is 0 Å². The lowest BCUT2D eigenvalue weighted by Crippen LogP contribution is -2.30. The molecule has 1 aliphatic heterocycles. The Morgan fingerprint density at radius 3 is 2.80 bits per heavy atom. The lowest BCUT2D eigenvalue weighted by molar-refractivity contribution is -0.130. The summed E-state index contributed by atoms with van der Waals surface area (Å²) < 4.78 is 0. The summed E-state index contributed by atoms with van der Waals surface area (Å²) in [5.41, 5.74) is 1.32. The molecule has 1 N–H and O–H groups in total. The molecule has 0 aromatic heterocycles. The molecule has 1 unspecified atom stereocenters. The number of rotatable bonds is 6. The monoisotopic (exact) mass is 296 g/mol. The van der Waals surface area contributed by atoms with Crippen LogP contribution in [0.4, 0.5) is 0 Å². The average molecular weight is 297 g/mol. The number of nitrogens with zero attached hydrogens (tertiary/aromatic N) is 1. The molecule has 20 heavy (non-hydrogen) atoms. The van der Waals surface area contributed by atoms with E-state index >= 15 is 0 Å². The minimum absolute atomic E-state index is 0. The summed E-state index contributed by atoms with van der Waals surface area (Å²) in [6.07, 6.45) is 3.78. The van der Waals surface area contributed by atoms with Gasteiger partial charge < -0.3 is 10.2 Å². The topological polar surface area (TPSA) is 32.3 Å². The molecule has 1 aliphatic rings. The van der Waals surface area contributed by atoms with Crippen molar-refractivity contribution >= 4 is 18.3 Å². The molecule has 0 bridgehead atoms. The van der Waals surface area contributed by atoms with Crippen LogP contribution in [0.25, 0.3) is 0 Å². The van der Waals surface area contributed by atoms with E-state index in [0.29, 0.717) is 18.2 Å². The van der Waals surface area contributed by atoms with Gasteiger partial charge >= 0.3 is 0 Å². The van der Waals surface area contributed by atoms with E-state index in [1.165, 1.54) is 5.56 Å². The molecule has 0 saturated carbocycles. The molecule has 0 radical (unpaired) electrons. The van der Waals surface area contributed by atoms with Crippen molar-refractivity contribution < 1.29 is 4.79 Å². The summed E-state index contributed by atoms with van der Waals surface area (Å²) in [4.78, 5) is 14.1. The van der Waals surface area contributed by atoms with Crippen LogP contribution >= 0.6 is 12.4 Å². The molecule has 1 aromatic rings. The quantitative estimate of drug-likeness (QED) is 0.875. The summed E-state index contributed by atoms with van der Waals surface area (Å²) in [6, 6.07) is 10.4. The maximum atomic E-state index is 12.1. The minimum atomic E-state index is 0. The predicted molar refractivity (Wildman–Crippen MR) is 85.2 cm³/mol. The molecule has 1 aromatic carbocycles. The van der Waals surface area contributed by atoms with Gasteiger partial charge in [0.2, 0.25) is 5.91 Å². The Hall–Kier alpha value is -1.06. The van der Waals surface area contributed by atoms with Crippen molar-refractivity contribution in [2.24, 2.45) is 5.92 Å². The third-order valence-electron chi connectivity index (χ3n) is 3.83. The van der Waals surface area contributed by atoms with Crippen LogP contribution in [0.2, 0.25) is 0 Å². The third kappa shape index (κ3) is 5.14. The Morgan fingerprint density at radius 2 is 2.10 bits per heavy atom. The van der Waals surface area contributed by atoms with Gasteiger partial charge in [-0.2, -0.15) is 0 Å². The van der Waals surface area contributed by atoms with Gasteiger partial charge in [0.25, 0.3) is 0 Å². The van der Waals surface area contributed by atoms with Gasteiger partial charge in [-0.1, -0.05) is 30.3 Å². The van der Waals surface area contributed by atoms with Crippen LogP contribution in [0, 0.1) is 5.92 Å². The Kier molecular flexibility index (Phi) is 7.63. The molecule has 1 amide bonds. The number of hydrogen-bond acceptors (Lipinski definition) is 2. The largest absolute Gasteiger partial charge is 0.342 e. The van der Waals surface area contributed by atoms with Crippen LogP contribution in [0.5, 0.6) is 0 Å². The second-order valence-corrected chi connectivity index (χ2v) is 5.39. The van der Waals surface area contributed by atoms with Crippen LogP contribution in [0.15, 0.2) is 30.3 Å². The smallest absolute Gasteiger partial charge is 0.222 e. The van der Waals surface area contributed by atoms with E-state index in [-0.39, 0.29) is 12.4 Å². The first-order valence-electron chi connectivity index (χ1n) is 7.26. The van der Waals surface area contributed by atoms with Crippen molar-refractivity contribution in [1.29, 1.82) is 0 Å². The zero-order chi connectivity index (χ0) is 13.5. The lowest BCUT2D eigenvalue weighted by Gasteiger charge is -2.16. The summed E-state index contributed by atoms with van der Waals surface area (Å²) in [5, 5.41) is 3.20. The second kappa shape index (κ2) is 8.98. The summed E-state index contributed by atoms with van der Waals surface area (Å²) in [5.74, 6) is 0.970. The van der Waals surface area contributed by atoms with E-state index in [1.807, 2.05) is 18.0 Å². The fourth-order valence-corrected chi connectivity index (χ4v) is 2.76. The molecule has 1 fully saturated rings.